The first-order valence-corrected chi connectivity index (χ1v) is 19.1. The molecular formula is C38H74N2O6. The Morgan fingerprint density at radius 2 is 1.20 bits per heavy atom. The maximum atomic E-state index is 6.80. The van der Waals surface area contributed by atoms with E-state index in [9.17, 15) is 0 Å². The smallest absolute Gasteiger partial charge is 0.0793 e. The Balaban J connectivity index is 1.41. The van der Waals surface area contributed by atoms with Crippen LogP contribution in [0.15, 0.2) is 0 Å². The Morgan fingerprint density at radius 1 is 0.630 bits per heavy atom. The van der Waals surface area contributed by atoms with Gasteiger partial charge in [0.25, 0.3) is 0 Å². The van der Waals surface area contributed by atoms with Gasteiger partial charge < -0.3 is 18.9 Å². The van der Waals surface area contributed by atoms with Crippen LogP contribution in [0.2, 0.25) is 0 Å². The van der Waals surface area contributed by atoms with Crippen LogP contribution >= 0.6 is 0 Å². The summed E-state index contributed by atoms with van der Waals surface area (Å²) in [4.78, 5) is 13.5. The fourth-order valence-corrected chi connectivity index (χ4v) is 8.00. The van der Waals surface area contributed by atoms with E-state index in [2.05, 4.69) is 72.4 Å². The number of hydrogen-bond acceptors (Lipinski definition) is 8. The summed E-state index contributed by atoms with van der Waals surface area (Å²) in [6.45, 7) is 25.2. The number of nitrogens with zero attached hydrogens (tertiary/aromatic N) is 2. The molecule has 0 unspecified atom stereocenters. The summed E-state index contributed by atoms with van der Waals surface area (Å²) < 4.78 is 24.4. The van der Waals surface area contributed by atoms with E-state index in [0.29, 0.717) is 39.1 Å². The average molecular weight is 655 g/mol. The molecule has 0 aromatic carbocycles. The Labute approximate surface area is 283 Å². The number of ether oxygens (including phenoxy) is 4. The van der Waals surface area contributed by atoms with Crippen LogP contribution < -0.4 is 0 Å². The summed E-state index contributed by atoms with van der Waals surface area (Å²) in [6.07, 6.45) is 18.1. The molecule has 0 amide bonds. The molecule has 0 aromatic heterocycles. The first-order chi connectivity index (χ1) is 21.8. The molecule has 0 atom stereocenters. The molecule has 0 bridgehead atoms. The molecule has 3 rings (SSSR count). The first-order valence-electron chi connectivity index (χ1n) is 19.1. The first kappa shape index (κ1) is 40.1. The van der Waals surface area contributed by atoms with Crippen molar-refractivity contribution in [3.8, 4) is 0 Å². The van der Waals surface area contributed by atoms with E-state index in [1.165, 1.54) is 51.4 Å². The molecule has 2 saturated carbocycles. The Bertz CT molecular complexity index is 804. The van der Waals surface area contributed by atoms with E-state index in [-0.39, 0.29) is 34.4 Å². The maximum Gasteiger partial charge on any atom is 0.0793 e. The predicted octanol–water partition coefficient (Wildman–Crippen LogP) is 8.65. The summed E-state index contributed by atoms with van der Waals surface area (Å²) in [7, 11) is 0. The second-order valence-electron chi connectivity index (χ2n) is 16.9. The molecule has 1 saturated heterocycles. The van der Waals surface area contributed by atoms with Crippen molar-refractivity contribution < 1.29 is 28.6 Å². The quantitative estimate of drug-likeness (QED) is 0.0901. The molecule has 272 valence electrons. The van der Waals surface area contributed by atoms with Gasteiger partial charge in [-0.15, -0.1) is 0 Å². The van der Waals surface area contributed by atoms with Crippen molar-refractivity contribution in [3.05, 3.63) is 0 Å². The van der Waals surface area contributed by atoms with Gasteiger partial charge in [0, 0.05) is 43.0 Å². The maximum absolute atomic E-state index is 6.80. The number of rotatable bonds is 21. The van der Waals surface area contributed by atoms with E-state index < -0.39 is 0 Å². The fraction of sp³-hybridized carbons (Fsp3) is 1.00. The van der Waals surface area contributed by atoms with Crippen LogP contribution in [-0.2, 0) is 28.6 Å². The summed E-state index contributed by atoms with van der Waals surface area (Å²) in [6, 6.07) is 0. The van der Waals surface area contributed by atoms with Crippen molar-refractivity contribution in [3.63, 3.8) is 0 Å². The van der Waals surface area contributed by atoms with Gasteiger partial charge in [0.2, 0.25) is 0 Å². The third kappa shape index (κ3) is 13.2. The summed E-state index contributed by atoms with van der Waals surface area (Å²) in [5.74, 6) is 0. The number of hydroxylamine groups is 4. The lowest BCUT2D eigenvalue weighted by Crippen LogP contribution is -2.62. The van der Waals surface area contributed by atoms with E-state index in [1.807, 2.05) is 0 Å². The molecule has 1 heterocycles. The van der Waals surface area contributed by atoms with Crippen molar-refractivity contribution in [2.45, 2.75) is 199 Å². The highest BCUT2D eigenvalue weighted by atomic mass is 16.7. The van der Waals surface area contributed by atoms with Gasteiger partial charge in [-0.05, 0) is 113 Å². The van der Waals surface area contributed by atoms with E-state index in [1.54, 1.807) is 0 Å². The third-order valence-electron chi connectivity index (χ3n) is 10.1. The SMILES string of the molecule is CCCOCCOCC(C)(C)N(OC1CCCCC1)C(C)(C)CCOCCCOC1CC(C)(C)N(OC2CCCCC2)C(C)(C)C1. The number of piperidine rings is 1. The lowest BCUT2D eigenvalue weighted by atomic mass is 9.80. The molecule has 1 aliphatic heterocycles. The van der Waals surface area contributed by atoms with Crippen molar-refractivity contribution in [2.24, 2.45) is 0 Å². The van der Waals surface area contributed by atoms with Gasteiger partial charge in [0.15, 0.2) is 0 Å². The minimum atomic E-state index is -0.280. The highest BCUT2D eigenvalue weighted by Gasteiger charge is 2.48. The lowest BCUT2D eigenvalue weighted by molar-refractivity contribution is -0.319. The van der Waals surface area contributed by atoms with Crippen molar-refractivity contribution in [2.75, 3.05) is 46.2 Å². The minimum absolute atomic E-state index is 0.0564. The standard InChI is InChI=1S/C38H74N2O6/c1-10-23-41-27-28-43-31-38(8,9)39(45-32-18-13-11-14-19-32)35(2,3)22-26-42-24-17-25-44-34-29-36(4,5)40(37(6,7)30-34)46-33-20-15-12-16-21-33/h32-34H,10-31H2,1-9H3. The highest BCUT2D eigenvalue weighted by Crippen LogP contribution is 2.41. The molecule has 3 aliphatic rings. The van der Waals surface area contributed by atoms with Gasteiger partial charge in [-0.25, -0.2) is 0 Å². The third-order valence-corrected chi connectivity index (χ3v) is 10.1. The second-order valence-corrected chi connectivity index (χ2v) is 16.9. The molecule has 0 spiro atoms. The number of hydrogen-bond donors (Lipinski definition) is 0. The Hall–Kier alpha value is -0.320. The summed E-state index contributed by atoms with van der Waals surface area (Å²) in [5.41, 5.74) is -0.596. The van der Waals surface area contributed by atoms with Crippen LogP contribution in [0.1, 0.15) is 159 Å². The monoisotopic (exact) mass is 655 g/mol. The second kappa shape index (κ2) is 19.2. The molecular weight excluding hydrogens is 580 g/mol. The molecule has 3 fully saturated rings. The highest BCUT2D eigenvalue weighted by molar-refractivity contribution is 4.97. The average Bonchev–Trinajstić information content (AvgIpc) is 2.99. The zero-order valence-corrected chi connectivity index (χ0v) is 31.6. The van der Waals surface area contributed by atoms with Gasteiger partial charge in [-0.1, -0.05) is 45.4 Å². The van der Waals surface area contributed by atoms with E-state index in [4.69, 9.17) is 28.6 Å². The summed E-state index contributed by atoms with van der Waals surface area (Å²) in [5, 5.41) is 4.56. The predicted molar refractivity (Wildman–Crippen MR) is 187 cm³/mol. The van der Waals surface area contributed by atoms with Crippen LogP contribution in [0.25, 0.3) is 0 Å². The lowest BCUT2D eigenvalue weighted by Gasteiger charge is -2.54. The van der Waals surface area contributed by atoms with Crippen LogP contribution in [-0.4, -0.2) is 96.8 Å². The van der Waals surface area contributed by atoms with E-state index >= 15 is 0 Å². The van der Waals surface area contributed by atoms with Gasteiger partial charge in [0.1, 0.15) is 0 Å². The van der Waals surface area contributed by atoms with Gasteiger partial charge in [0.05, 0.1) is 43.7 Å². The molecule has 0 aromatic rings. The summed E-state index contributed by atoms with van der Waals surface area (Å²) >= 11 is 0. The largest absolute Gasteiger partial charge is 0.381 e. The van der Waals surface area contributed by atoms with Crippen LogP contribution in [0.3, 0.4) is 0 Å². The van der Waals surface area contributed by atoms with Crippen molar-refractivity contribution in [1.29, 1.82) is 0 Å². The van der Waals surface area contributed by atoms with Gasteiger partial charge >= 0.3 is 0 Å². The molecule has 0 N–H and O–H groups in total. The zero-order valence-electron chi connectivity index (χ0n) is 31.6. The fourth-order valence-electron chi connectivity index (χ4n) is 8.00. The molecule has 8 nitrogen and oxygen atoms in total. The molecule has 46 heavy (non-hydrogen) atoms. The molecule has 8 heteroatoms. The Kier molecular flexibility index (Phi) is 16.7. The Morgan fingerprint density at radius 3 is 1.80 bits per heavy atom. The van der Waals surface area contributed by atoms with Gasteiger partial charge in [-0.3, -0.25) is 9.68 Å². The topological polar surface area (TPSA) is 61.9 Å². The molecule has 0 radical (unpaired) electrons. The minimum Gasteiger partial charge on any atom is -0.381 e. The van der Waals surface area contributed by atoms with Crippen LogP contribution in [0.5, 0.6) is 0 Å². The van der Waals surface area contributed by atoms with Crippen molar-refractivity contribution in [1.82, 2.24) is 10.1 Å². The van der Waals surface area contributed by atoms with Crippen LogP contribution in [0, 0.1) is 0 Å². The normalized spacial score (nSPS) is 22.6. The van der Waals surface area contributed by atoms with E-state index in [0.717, 1.165) is 58.2 Å². The van der Waals surface area contributed by atoms with Crippen LogP contribution in [0.4, 0.5) is 0 Å². The zero-order chi connectivity index (χ0) is 33.7. The van der Waals surface area contributed by atoms with Gasteiger partial charge in [-0.2, -0.15) is 10.1 Å². The molecule has 2 aliphatic carbocycles. The van der Waals surface area contributed by atoms with Crippen molar-refractivity contribution >= 4 is 0 Å².